The molecule has 6 heteroatoms. The maximum Gasteiger partial charge on any atom is 0.149 e. The molecule has 2 aliphatic heterocycles. The van der Waals surface area contributed by atoms with E-state index in [9.17, 15) is 8.78 Å². The van der Waals surface area contributed by atoms with Crippen molar-refractivity contribution in [1.29, 1.82) is 0 Å². The van der Waals surface area contributed by atoms with Gasteiger partial charge in [-0.1, -0.05) is 12.5 Å². The zero-order valence-corrected chi connectivity index (χ0v) is 18.1. The summed E-state index contributed by atoms with van der Waals surface area (Å²) >= 11 is 0. The highest BCUT2D eigenvalue weighted by Crippen LogP contribution is 2.42. The molecule has 31 heavy (non-hydrogen) atoms. The van der Waals surface area contributed by atoms with Crippen LogP contribution in [0, 0.1) is 11.6 Å². The molecule has 0 amide bonds. The second-order valence-electron chi connectivity index (χ2n) is 8.79. The molecule has 0 aromatic heterocycles. The molecule has 1 N–H and O–H groups in total. The highest BCUT2D eigenvalue weighted by Gasteiger charge is 2.41. The van der Waals surface area contributed by atoms with Gasteiger partial charge in [-0.3, -0.25) is 0 Å². The quantitative estimate of drug-likeness (QED) is 0.730. The minimum atomic E-state index is -0.575. The molecule has 1 spiro atoms. The van der Waals surface area contributed by atoms with Crippen LogP contribution in [0.25, 0.3) is 11.1 Å². The summed E-state index contributed by atoms with van der Waals surface area (Å²) in [6.45, 7) is 4.27. The number of carbonyl (C=O) groups is 1. The summed E-state index contributed by atoms with van der Waals surface area (Å²) in [5.74, 6) is -0.216. The van der Waals surface area contributed by atoms with Crippen molar-refractivity contribution in [3.8, 4) is 16.9 Å². The Morgan fingerprint density at radius 3 is 2.29 bits per heavy atom. The van der Waals surface area contributed by atoms with Gasteiger partial charge in [-0.2, -0.15) is 0 Å². The second-order valence-corrected chi connectivity index (χ2v) is 8.79. The van der Waals surface area contributed by atoms with E-state index in [1.165, 1.54) is 38.4 Å². The number of hydrogen-bond donors (Lipinski definition) is 1. The first kappa shape index (κ1) is 21.8. The molecule has 1 aliphatic carbocycles. The molecule has 0 atom stereocenters. The zero-order valence-electron chi connectivity index (χ0n) is 18.1. The Labute approximate surface area is 182 Å². The lowest BCUT2D eigenvalue weighted by molar-refractivity contribution is -0.0980. The standard InChI is InChI=1S/C24H28F2N2O.CH2O/c1-27-23-20(25)14-18(15-21(23)26)16-5-6-22-17(13-16)7-8-24(29-22)9-11-28(12-10-24)19-3-2-4-19;1-2/h5-6,13-15,19,27H,2-4,7-12H2,1H3;1H2. The Hall–Kier alpha value is -2.47. The predicted molar refractivity (Wildman–Crippen MR) is 119 cm³/mol. The number of benzene rings is 2. The SMILES string of the molecule is C=O.CNc1c(F)cc(-c2ccc3c(c2)CCC2(CCN(C4CCC4)CC2)O3)cc1F. The lowest BCUT2D eigenvalue weighted by atomic mass is 9.81. The minimum absolute atomic E-state index is 0.0403. The Bertz CT molecular complexity index is 914. The normalized spacial score (nSPS) is 20.1. The molecule has 2 aromatic rings. The van der Waals surface area contributed by atoms with Crippen molar-refractivity contribution in [3.63, 3.8) is 0 Å². The van der Waals surface area contributed by atoms with Crippen LogP contribution in [0.15, 0.2) is 30.3 Å². The molecule has 0 radical (unpaired) electrons. The van der Waals surface area contributed by atoms with Gasteiger partial charge in [0.1, 0.15) is 35.5 Å². The molecule has 166 valence electrons. The van der Waals surface area contributed by atoms with Gasteiger partial charge in [0.2, 0.25) is 0 Å². The molecule has 2 fully saturated rings. The van der Waals surface area contributed by atoms with E-state index in [2.05, 4.69) is 10.2 Å². The molecular formula is C25H30F2N2O2. The van der Waals surface area contributed by atoms with Gasteiger partial charge in [0.25, 0.3) is 0 Å². The molecule has 4 nitrogen and oxygen atoms in total. The van der Waals surface area contributed by atoms with Crippen LogP contribution in [-0.2, 0) is 11.2 Å². The lowest BCUT2D eigenvalue weighted by Crippen LogP contribution is -2.53. The first-order valence-electron chi connectivity index (χ1n) is 11.1. The Morgan fingerprint density at radius 1 is 1.03 bits per heavy atom. The maximum absolute atomic E-state index is 14.2. The Kier molecular flexibility index (Phi) is 6.28. The maximum atomic E-state index is 14.2. The number of carbonyl (C=O) groups excluding carboxylic acids is 1. The molecule has 0 bridgehead atoms. The number of nitrogens with one attached hydrogen (secondary N) is 1. The Morgan fingerprint density at radius 2 is 1.71 bits per heavy atom. The summed E-state index contributed by atoms with van der Waals surface area (Å²) in [4.78, 5) is 10.6. The molecule has 5 rings (SSSR count). The Balaban J connectivity index is 0.00000112. The van der Waals surface area contributed by atoms with Crippen LogP contribution in [0.2, 0.25) is 0 Å². The molecule has 2 aromatic carbocycles. The number of fused-ring (bicyclic) bond motifs is 1. The number of likely N-dealkylation sites (tertiary alicyclic amines) is 1. The fourth-order valence-electron chi connectivity index (χ4n) is 5.08. The number of ether oxygens (including phenoxy) is 1. The summed E-state index contributed by atoms with van der Waals surface area (Å²) < 4.78 is 34.9. The third-order valence-corrected chi connectivity index (χ3v) is 7.16. The highest BCUT2D eigenvalue weighted by atomic mass is 19.1. The van der Waals surface area contributed by atoms with Crippen LogP contribution in [-0.4, -0.2) is 43.5 Å². The third-order valence-electron chi connectivity index (χ3n) is 7.16. The van der Waals surface area contributed by atoms with Crippen LogP contribution in [0.4, 0.5) is 14.5 Å². The summed E-state index contributed by atoms with van der Waals surface area (Å²) in [5.41, 5.74) is 2.37. The number of halogens is 2. The summed E-state index contributed by atoms with van der Waals surface area (Å²) in [7, 11) is 1.52. The van der Waals surface area contributed by atoms with Gasteiger partial charge in [-0.25, -0.2) is 8.78 Å². The van der Waals surface area contributed by atoms with E-state index in [4.69, 9.17) is 9.53 Å². The van der Waals surface area contributed by atoms with Gasteiger partial charge < -0.3 is 19.7 Å². The van der Waals surface area contributed by atoms with Crippen molar-refractivity contribution in [2.45, 2.75) is 56.6 Å². The van der Waals surface area contributed by atoms with Crippen LogP contribution >= 0.6 is 0 Å². The topological polar surface area (TPSA) is 41.6 Å². The minimum Gasteiger partial charge on any atom is -0.487 e. The number of aryl methyl sites for hydroxylation is 1. The van der Waals surface area contributed by atoms with Gasteiger partial charge in [0, 0.05) is 26.2 Å². The van der Waals surface area contributed by atoms with Gasteiger partial charge in [0.05, 0.1) is 0 Å². The van der Waals surface area contributed by atoms with E-state index >= 15 is 0 Å². The number of rotatable bonds is 3. The van der Waals surface area contributed by atoms with E-state index in [1.807, 2.05) is 25.0 Å². The van der Waals surface area contributed by atoms with E-state index in [1.54, 1.807) is 0 Å². The smallest absolute Gasteiger partial charge is 0.149 e. The van der Waals surface area contributed by atoms with Gasteiger partial charge in [0.15, 0.2) is 0 Å². The first-order valence-corrected chi connectivity index (χ1v) is 11.1. The molecule has 1 saturated carbocycles. The number of hydrogen-bond acceptors (Lipinski definition) is 4. The van der Waals surface area contributed by atoms with Crippen molar-refractivity contribution in [3.05, 3.63) is 47.5 Å². The second kappa shape index (κ2) is 8.95. The molecule has 0 unspecified atom stereocenters. The van der Waals surface area contributed by atoms with Crippen LogP contribution in [0.5, 0.6) is 5.75 Å². The average Bonchev–Trinajstić information content (AvgIpc) is 2.75. The molecule has 3 aliphatic rings. The van der Waals surface area contributed by atoms with E-state index < -0.39 is 11.6 Å². The molecular weight excluding hydrogens is 398 g/mol. The first-order chi connectivity index (χ1) is 15.1. The monoisotopic (exact) mass is 428 g/mol. The van der Waals surface area contributed by atoms with Crippen LogP contribution in [0.3, 0.4) is 0 Å². The van der Waals surface area contributed by atoms with E-state index in [0.29, 0.717) is 5.56 Å². The molecule has 1 saturated heterocycles. The van der Waals surface area contributed by atoms with E-state index in [0.717, 1.165) is 61.7 Å². The summed E-state index contributed by atoms with van der Waals surface area (Å²) in [5, 5.41) is 2.57. The van der Waals surface area contributed by atoms with Gasteiger partial charge in [-0.05, 0) is 79.5 Å². The van der Waals surface area contributed by atoms with Gasteiger partial charge in [-0.15, -0.1) is 0 Å². The molecule has 2 heterocycles. The predicted octanol–water partition coefficient (Wildman–Crippen LogP) is 5.20. The highest BCUT2D eigenvalue weighted by molar-refractivity contribution is 5.69. The van der Waals surface area contributed by atoms with Crippen molar-refractivity contribution in [2.75, 3.05) is 25.5 Å². The summed E-state index contributed by atoms with van der Waals surface area (Å²) in [6, 6.07) is 9.50. The zero-order chi connectivity index (χ0) is 22.0. The number of anilines is 1. The average molecular weight is 429 g/mol. The largest absolute Gasteiger partial charge is 0.487 e. The van der Waals surface area contributed by atoms with Crippen LogP contribution < -0.4 is 10.1 Å². The third kappa shape index (κ3) is 4.18. The van der Waals surface area contributed by atoms with Crippen molar-refractivity contribution >= 4 is 12.5 Å². The number of piperidine rings is 1. The van der Waals surface area contributed by atoms with Crippen molar-refractivity contribution < 1.29 is 18.3 Å². The van der Waals surface area contributed by atoms with Crippen LogP contribution in [0.1, 0.15) is 44.1 Å². The number of nitrogens with zero attached hydrogens (tertiary/aromatic N) is 1. The van der Waals surface area contributed by atoms with E-state index in [-0.39, 0.29) is 11.3 Å². The van der Waals surface area contributed by atoms with Gasteiger partial charge >= 0.3 is 0 Å². The van der Waals surface area contributed by atoms with Crippen molar-refractivity contribution in [1.82, 2.24) is 4.90 Å². The summed E-state index contributed by atoms with van der Waals surface area (Å²) in [6.07, 6.45) is 8.24. The van der Waals surface area contributed by atoms with Crippen molar-refractivity contribution in [2.24, 2.45) is 0 Å². The fraction of sp³-hybridized carbons (Fsp3) is 0.480. The fourth-order valence-corrected chi connectivity index (χ4v) is 5.08. The lowest BCUT2D eigenvalue weighted by Gasteiger charge is -2.48.